The number of aliphatic carboxylic acids is 1. The normalized spacial score (nSPS) is 36.7. The number of unbranched alkanes of at least 4 members (excludes halogenated alkanes) is 2. The third-order valence-corrected chi connectivity index (χ3v) is 5.90. The zero-order chi connectivity index (χ0) is 14.8. The number of nitrogens with one attached hydrogen (secondary N) is 1. The lowest BCUT2D eigenvalue weighted by molar-refractivity contribution is -0.138. The number of hydrogen-bond acceptors (Lipinski definition) is 2. The van der Waals surface area contributed by atoms with Crippen molar-refractivity contribution >= 4 is 11.9 Å². The maximum Gasteiger partial charge on any atom is 0.303 e. The summed E-state index contributed by atoms with van der Waals surface area (Å²) in [7, 11) is 0. The molecule has 0 aromatic rings. The Morgan fingerprint density at radius 3 is 2.10 bits per heavy atom. The van der Waals surface area contributed by atoms with Gasteiger partial charge in [0.1, 0.15) is 0 Å². The highest BCUT2D eigenvalue weighted by atomic mass is 16.4. The van der Waals surface area contributed by atoms with Crippen LogP contribution in [0.25, 0.3) is 0 Å². The molecule has 4 heteroatoms. The van der Waals surface area contributed by atoms with E-state index in [1.165, 1.54) is 32.1 Å². The van der Waals surface area contributed by atoms with E-state index in [1.54, 1.807) is 0 Å². The Bertz CT molecular complexity index is 379. The van der Waals surface area contributed by atoms with Crippen molar-refractivity contribution in [3.63, 3.8) is 0 Å². The molecule has 0 heterocycles. The molecule has 0 atom stereocenters. The van der Waals surface area contributed by atoms with E-state index in [2.05, 4.69) is 5.32 Å². The number of carbonyl (C=O) groups excluding carboxylic acids is 1. The Labute approximate surface area is 126 Å². The molecule has 4 rings (SSSR count). The van der Waals surface area contributed by atoms with E-state index in [4.69, 9.17) is 5.11 Å². The number of carbonyl (C=O) groups is 2. The molecule has 4 nitrogen and oxygen atoms in total. The first-order chi connectivity index (χ1) is 10.1. The zero-order valence-corrected chi connectivity index (χ0v) is 12.7. The molecule has 4 saturated carbocycles. The molecule has 0 unspecified atom stereocenters. The van der Waals surface area contributed by atoms with Crippen LogP contribution in [-0.4, -0.2) is 23.5 Å². The van der Waals surface area contributed by atoms with E-state index >= 15 is 0 Å². The van der Waals surface area contributed by atoms with Crippen molar-refractivity contribution in [3.8, 4) is 0 Å². The minimum Gasteiger partial charge on any atom is -0.481 e. The molecule has 0 spiro atoms. The maximum absolute atomic E-state index is 12.5. The SMILES string of the molecule is O=C(O)CCCCCNC(=O)C1C2CC3CC(C2)CC1C3. The minimum absolute atomic E-state index is 0.240. The maximum atomic E-state index is 12.5. The predicted molar refractivity (Wildman–Crippen MR) is 79.6 cm³/mol. The van der Waals surface area contributed by atoms with Crippen LogP contribution >= 0.6 is 0 Å². The molecule has 4 bridgehead atoms. The van der Waals surface area contributed by atoms with Crippen LogP contribution in [0.15, 0.2) is 0 Å². The molecule has 4 fully saturated rings. The van der Waals surface area contributed by atoms with Crippen molar-refractivity contribution in [2.75, 3.05) is 6.54 Å². The van der Waals surface area contributed by atoms with Crippen molar-refractivity contribution in [2.24, 2.45) is 29.6 Å². The van der Waals surface area contributed by atoms with Gasteiger partial charge in [-0.25, -0.2) is 0 Å². The fraction of sp³-hybridized carbons (Fsp3) is 0.882. The summed E-state index contributed by atoms with van der Waals surface area (Å²) < 4.78 is 0. The van der Waals surface area contributed by atoms with Crippen LogP contribution in [0, 0.1) is 29.6 Å². The first-order valence-electron chi connectivity index (χ1n) is 8.63. The summed E-state index contributed by atoms with van der Waals surface area (Å²) in [6.07, 6.45) is 9.28. The highest BCUT2D eigenvalue weighted by molar-refractivity contribution is 5.79. The van der Waals surface area contributed by atoms with E-state index in [-0.39, 0.29) is 18.2 Å². The second kappa shape index (κ2) is 6.37. The lowest BCUT2D eigenvalue weighted by atomic mass is 9.51. The van der Waals surface area contributed by atoms with Gasteiger partial charge in [0.25, 0.3) is 0 Å². The zero-order valence-electron chi connectivity index (χ0n) is 12.7. The highest BCUT2D eigenvalue weighted by Gasteiger charge is 2.50. The van der Waals surface area contributed by atoms with Gasteiger partial charge in [-0.1, -0.05) is 6.42 Å². The van der Waals surface area contributed by atoms with Crippen LogP contribution in [0.4, 0.5) is 0 Å². The van der Waals surface area contributed by atoms with Crippen LogP contribution < -0.4 is 5.32 Å². The van der Waals surface area contributed by atoms with Gasteiger partial charge >= 0.3 is 5.97 Å². The van der Waals surface area contributed by atoms with Gasteiger partial charge in [0.15, 0.2) is 0 Å². The Morgan fingerprint density at radius 1 is 0.905 bits per heavy atom. The summed E-state index contributed by atoms with van der Waals surface area (Å²) in [6.45, 7) is 0.710. The second-order valence-electron chi connectivity index (χ2n) is 7.45. The number of carboxylic acid groups (broad SMARTS) is 1. The molecule has 0 aromatic carbocycles. The van der Waals surface area contributed by atoms with E-state index < -0.39 is 5.97 Å². The van der Waals surface area contributed by atoms with Gasteiger partial charge in [0, 0.05) is 18.9 Å². The van der Waals surface area contributed by atoms with Crippen LogP contribution in [0.3, 0.4) is 0 Å². The number of rotatable bonds is 7. The smallest absolute Gasteiger partial charge is 0.303 e. The molecule has 0 radical (unpaired) electrons. The predicted octanol–water partition coefficient (Wildman–Crippen LogP) is 2.82. The molecule has 0 aliphatic heterocycles. The molecule has 2 N–H and O–H groups in total. The van der Waals surface area contributed by atoms with Gasteiger partial charge in [-0.05, 0) is 68.6 Å². The molecule has 0 aromatic heterocycles. The first-order valence-corrected chi connectivity index (χ1v) is 8.63. The van der Waals surface area contributed by atoms with Crippen LogP contribution in [0.1, 0.15) is 57.8 Å². The number of hydrogen-bond donors (Lipinski definition) is 2. The molecule has 4 aliphatic carbocycles. The quantitative estimate of drug-likeness (QED) is 0.709. The number of carboxylic acids is 1. The Hall–Kier alpha value is -1.06. The summed E-state index contributed by atoms with van der Waals surface area (Å²) >= 11 is 0. The Balaban J connectivity index is 1.39. The van der Waals surface area contributed by atoms with Crippen molar-refractivity contribution in [3.05, 3.63) is 0 Å². The van der Waals surface area contributed by atoms with Crippen molar-refractivity contribution in [1.29, 1.82) is 0 Å². The summed E-state index contributed by atoms with van der Waals surface area (Å²) in [5, 5.41) is 11.7. The van der Waals surface area contributed by atoms with Gasteiger partial charge < -0.3 is 10.4 Å². The molecular weight excluding hydrogens is 266 g/mol. The van der Waals surface area contributed by atoms with Gasteiger partial charge in [-0.3, -0.25) is 9.59 Å². The summed E-state index contributed by atoms with van der Waals surface area (Å²) in [5.74, 6) is 2.94. The molecule has 118 valence electrons. The fourth-order valence-electron chi connectivity index (χ4n) is 5.26. The summed E-state index contributed by atoms with van der Waals surface area (Å²) in [4.78, 5) is 22.9. The Morgan fingerprint density at radius 2 is 1.52 bits per heavy atom. The van der Waals surface area contributed by atoms with Crippen LogP contribution in [0.5, 0.6) is 0 Å². The van der Waals surface area contributed by atoms with E-state index in [1.807, 2.05) is 0 Å². The van der Waals surface area contributed by atoms with Gasteiger partial charge in [-0.2, -0.15) is 0 Å². The monoisotopic (exact) mass is 293 g/mol. The summed E-state index contributed by atoms with van der Waals surface area (Å²) in [5.41, 5.74) is 0. The van der Waals surface area contributed by atoms with Gasteiger partial charge in [0.05, 0.1) is 0 Å². The van der Waals surface area contributed by atoms with Gasteiger partial charge in [0.2, 0.25) is 5.91 Å². The van der Waals surface area contributed by atoms with Gasteiger partial charge in [-0.15, -0.1) is 0 Å². The van der Waals surface area contributed by atoms with Crippen LogP contribution in [-0.2, 0) is 9.59 Å². The van der Waals surface area contributed by atoms with E-state index in [9.17, 15) is 9.59 Å². The minimum atomic E-state index is -0.729. The first kappa shape index (κ1) is 14.9. The number of amides is 1. The standard InChI is InChI=1S/C17H27NO3/c19-15(20)4-2-1-3-5-18-17(21)16-13-7-11-6-12(9-13)10-14(16)8-11/h11-14,16H,1-10H2,(H,18,21)(H,19,20). The molecular formula is C17H27NO3. The average molecular weight is 293 g/mol. The molecule has 4 aliphatic rings. The van der Waals surface area contributed by atoms with Crippen molar-refractivity contribution in [2.45, 2.75) is 57.8 Å². The van der Waals surface area contributed by atoms with E-state index in [0.29, 0.717) is 24.8 Å². The summed E-state index contributed by atoms with van der Waals surface area (Å²) in [6, 6.07) is 0. The van der Waals surface area contributed by atoms with Crippen LogP contribution in [0.2, 0.25) is 0 Å². The molecule has 1 amide bonds. The topological polar surface area (TPSA) is 66.4 Å². The average Bonchev–Trinajstić information content (AvgIpc) is 2.41. The molecule has 21 heavy (non-hydrogen) atoms. The lowest BCUT2D eigenvalue weighted by Gasteiger charge is -2.53. The third-order valence-electron chi connectivity index (χ3n) is 5.90. The fourth-order valence-corrected chi connectivity index (χ4v) is 5.26. The largest absolute Gasteiger partial charge is 0.481 e. The van der Waals surface area contributed by atoms with Crippen molar-refractivity contribution < 1.29 is 14.7 Å². The lowest BCUT2D eigenvalue weighted by Crippen LogP contribution is -2.51. The highest BCUT2D eigenvalue weighted by Crippen LogP contribution is 2.56. The third kappa shape index (κ3) is 3.41. The van der Waals surface area contributed by atoms with Crippen molar-refractivity contribution in [1.82, 2.24) is 5.32 Å². The molecule has 0 saturated heterocycles. The van der Waals surface area contributed by atoms with E-state index in [0.717, 1.165) is 24.7 Å². The Kier molecular flexibility index (Phi) is 4.51. The second-order valence-corrected chi connectivity index (χ2v) is 7.45.